The van der Waals surface area contributed by atoms with Crippen molar-refractivity contribution in [3.05, 3.63) is 27.1 Å². The van der Waals surface area contributed by atoms with Crippen molar-refractivity contribution < 1.29 is 4.74 Å². The van der Waals surface area contributed by atoms with E-state index in [-0.39, 0.29) is 5.56 Å². The maximum Gasteiger partial charge on any atom is 0.292 e. The predicted octanol–water partition coefficient (Wildman–Crippen LogP) is 1.55. The molecule has 12 heavy (non-hydrogen) atoms. The SMILES string of the molecule is CCOc1cc(Br)cn(C)c1=O. The molecule has 0 bridgehead atoms. The first kappa shape index (κ1) is 9.32. The van der Waals surface area contributed by atoms with Crippen LogP contribution in [0.15, 0.2) is 21.5 Å². The van der Waals surface area contributed by atoms with Gasteiger partial charge in [-0.2, -0.15) is 0 Å². The molecule has 0 radical (unpaired) electrons. The van der Waals surface area contributed by atoms with Gasteiger partial charge in [-0.05, 0) is 22.9 Å². The van der Waals surface area contributed by atoms with Crippen molar-refractivity contribution in [2.75, 3.05) is 6.61 Å². The van der Waals surface area contributed by atoms with Crippen molar-refractivity contribution in [2.24, 2.45) is 7.05 Å². The predicted molar refractivity (Wildman–Crippen MR) is 50.6 cm³/mol. The molecule has 0 N–H and O–H groups in total. The molecule has 0 saturated carbocycles. The van der Waals surface area contributed by atoms with Gasteiger partial charge in [0.1, 0.15) is 0 Å². The molecule has 0 saturated heterocycles. The lowest BCUT2D eigenvalue weighted by Crippen LogP contribution is -2.18. The standard InChI is InChI=1S/C8H10BrNO2/c1-3-12-7-4-6(9)5-10(2)8(7)11/h4-5H,3H2,1-2H3. The molecule has 1 aromatic rings. The fraction of sp³-hybridized carbons (Fsp3) is 0.375. The fourth-order valence-electron chi connectivity index (χ4n) is 0.901. The average Bonchev–Trinajstić information content (AvgIpc) is 2.00. The summed E-state index contributed by atoms with van der Waals surface area (Å²) in [4.78, 5) is 11.3. The second-order valence-corrected chi connectivity index (χ2v) is 3.29. The van der Waals surface area contributed by atoms with Gasteiger partial charge in [0.05, 0.1) is 6.61 Å². The minimum Gasteiger partial charge on any atom is -0.488 e. The molecule has 0 unspecified atom stereocenters. The Labute approximate surface area is 79.1 Å². The van der Waals surface area contributed by atoms with E-state index in [0.29, 0.717) is 12.4 Å². The number of halogens is 1. The summed E-state index contributed by atoms with van der Waals surface area (Å²) in [7, 11) is 1.69. The summed E-state index contributed by atoms with van der Waals surface area (Å²) in [5.74, 6) is 0.384. The van der Waals surface area contributed by atoms with Crippen molar-refractivity contribution in [1.29, 1.82) is 0 Å². The van der Waals surface area contributed by atoms with Gasteiger partial charge in [0.15, 0.2) is 5.75 Å². The number of ether oxygens (including phenoxy) is 1. The molecule has 0 aliphatic heterocycles. The summed E-state index contributed by atoms with van der Waals surface area (Å²) >= 11 is 3.28. The van der Waals surface area contributed by atoms with Gasteiger partial charge in [-0.15, -0.1) is 0 Å². The Morgan fingerprint density at radius 2 is 2.33 bits per heavy atom. The van der Waals surface area contributed by atoms with Gasteiger partial charge in [0.2, 0.25) is 0 Å². The first-order chi connectivity index (χ1) is 5.65. The second kappa shape index (κ2) is 3.76. The van der Waals surface area contributed by atoms with E-state index in [1.807, 2.05) is 6.92 Å². The van der Waals surface area contributed by atoms with Crippen molar-refractivity contribution in [1.82, 2.24) is 4.57 Å². The third kappa shape index (κ3) is 1.88. The second-order valence-electron chi connectivity index (χ2n) is 2.37. The molecule has 1 rings (SSSR count). The van der Waals surface area contributed by atoms with Gasteiger partial charge in [0.25, 0.3) is 5.56 Å². The van der Waals surface area contributed by atoms with Crippen LogP contribution in [0.5, 0.6) is 5.75 Å². The van der Waals surface area contributed by atoms with Gasteiger partial charge >= 0.3 is 0 Å². The van der Waals surface area contributed by atoms with Crippen LogP contribution in [0.25, 0.3) is 0 Å². The number of hydrogen-bond acceptors (Lipinski definition) is 2. The topological polar surface area (TPSA) is 31.2 Å². The van der Waals surface area contributed by atoms with Crippen LogP contribution in [-0.2, 0) is 7.05 Å². The third-order valence-electron chi connectivity index (χ3n) is 1.42. The summed E-state index contributed by atoms with van der Waals surface area (Å²) in [5.41, 5.74) is -0.111. The van der Waals surface area contributed by atoms with Crippen molar-refractivity contribution in [3.8, 4) is 5.75 Å². The first-order valence-electron chi connectivity index (χ1n) is 3.64. The smallest absolute Gasteiger partial charge is 0.292 e. The summed E-state index contributed by atoms with van der Waals surface area (Å²) in [6.07, 6.45) is 1.70. The minimum atomic E-state index is -0.111. The Morgan fingerprint density at radius 3 is 2.92 bits per heavy atom. The van der Waals surface area contributed by atoms with Crippen molar-refractivity contribution in [2.45, 2.75) is 6.92 Å². The molecule has 0 atom stereocenters. The highest BCUT2D eigenvalue weighted by Crippen LogP contribution is 2.12. The highest BCUT2D eigenvalue weighted by Gasteiger charge is 2.02. The average molecular weight is 232 g/mol. The molecule has 1 aromatic heterocycles. The number of aryl methyl sites for hydroxylation is 1. The molecule has 0 amide bonds. The number of rotatable bonds is 2. The summed E-state index contributed by atoms with van der Waals surface area (Å²) < 4.78 is 7.46. The first-order valence-corrected chi connectivity index (χ1v) is 4.43. The summed E-state index contributed by atoms with van der Waals surface area (Å²) in [5, 5.41) is 0. The Balaban J connectivity index is 3.19. The lowest BCUT2D eigenvalue weighted by molar-refractivity contribution is 0.332. The summed E-state index contributed by atoms with van der Waals surface area (Å²) in [6.45, 7) is 2.35. The lowest BCUT2D eigenvalue weighted by atomic mass is 10.4. The fourth-order valence-corrected chi connectivity index (χ4v) is 1.42. The van der Waals surface area contributed by atoms with E-state index in [9.17, 15) is 4.79 Å². The normalized spacial score (nSPS) is 9.92. The Bertz CT molecular complexity index is 332. The molecule has 0 fully saturated rings. The minimum absolute atomic E-state index is 0.111. The van der Waals surface area contributed by atoms with Gasteiger partial charge < -0.3 is 9.30 Å². The summed E-state index contributed by atoms with van der Waals surface area (Å²) in [6, 6.07) is 1.67. The van der Waals surface area contributed by atoms with E-state index in [0.717, 1.165) is 4.47 Å². The molecule has 66 valence electrons. The molecular formula is C8H10BrNO2. The van der Waals surface area contributed by atoms with Crippen LogP contribution < -0.4 is 10.3 Å². The number of pyridine rings is 1. The number of hydrogen-bond donors (Lipinski definition) is 0. The molecule has 3 nitrogen and oxygen atoms in total. The van der Waals surface area contributed by atoms with Crippen LogP contribution in [0, 0.1) is 0 Å². The van der Waals surface area contributed by atoms with Crippen LogP contribution in [0.1, 0.15) is 6.92 Å². The van der Waals surface area contributed by atoms with E-state index in [1.165, 1.54) is 4.57 Å². The Kier molecular flexibility index (Phi) is 2.92. The highest BCUT2D eigenvalue weighted by atomic mass is 79.9. The van der Waals surface area contributed by atoms with Crippen LogP contribution >= 0.6 is 15.9 Å². The zero-order valence-corrected chi connectivity index (χ0v) is 8.59. The molecular weight excluding hydrogens is 222 g/mol. The maximum absolute atomic E-state index is 11.3. The quantitative estimate of drug-likeness (QED) is 0.774. The molecule has 0 aliphatic carbocycles. The largest absolute Gasteiger partial charge is 0.488 e. The Hall–Kier alpha value is -0.770. The molecule has 0 aromatic carbocycles. The van der Waals surface area contributed by atoms with E-state index >= 15 is 0 Å². The maximum atomic E-state index is 11.3. The van der Waals surface area contributed by atoms with Gasteiger partial charge in [-0.3, -0.25) is 4.79 Å². The van der Waals surface area contributed by atoms with E-state index in [1.54, 1.807) is 19.3 Å². The Morgan fingerprint density at radius 1 is 1.67 bits per heavy atom. The van der Waals surface area contributed by atoms with Crippen molar-refractivity contribution >= 4 is 15.9 Å². The number of aromatic nitrogens is 1. The van der Waals surface area contributed by atoms with Gasteiger partial charge in [0, 0.05) is 23.8 Å². The highest BCUT2D eigenvalue weighted by molar-refractivity contribution is 9.10. The van der Waals surface area contributed by atoms with Crippen LogP contribution in [0.2, 0.25) is 0 Å². The molecule has 0 aliphatic rings. The zero-order chi connectivity index (χ0) is 9.14. The molecule has 4 heteroatoms. The zero-order valence-electron chi connectivity index (χ0n) is 7.00. The van der Waals surface area contributed by atoms with E-state index < -0.39 is 0 Å². The van der Waals surface area contributed by atoms with Gasteiger partial charge in [-0.1, -0.05) is 0 Å². The number of nitrogens with zero attached hydrogens (tertiary/aromatic N) is 1. The van der Waals surface area contributed by atoms with Crippen LogP contribution in [-0.4, -0.2) is 11.2 Å². The molecule has 0 spiro atoms. The van der Waals surface area contributed by atoms with Crippen molar-refractivity contribution in [3.63, 3.8) is 0 Å². The van der Waals surface area contributed by atoms with Crippen LogP contribution in [0.3, 0.4) is 0 Å². The lowest BCUT2D eigenvalue weighted by Gasteiger charge is -2.04. The van der Waals surface area contributed by atoms with Crippen LogP contribution in [0.4, 0.5) is 0 Å². The molecule has 1 heterocycles. The van der Waals surface area contributed by atoms with E-state index in [4.69, 9.17) is 4.74 Å². The van der Waals surface area contributed by atoms with E-state index in [2.05, 4.69) is 15.9 Å². The monoisotopic (exact) mass is 231 g/mol. The third-order valence-corrected chi connectivity index (χ3v) is 1.85. The van der Waals surface area contributed by atoms with Gasteiger partial charge in [-0.25, -0.2) is 0 Å².